The van der Waals surface area contributed by atoms with Crippen LogP contribution in [0.5, 0.6) is 0 Å². The molecule has 4 aromatic heterocycles. The number of nitrogens with zero attached hydrogens (tertiary/aromatic N) is 5. The summed E-state index contributed by atoms with van der Waals surface area (Å²) in [6, 6.07) is 6.65. The highest BCUT2D eigenvalue weighted by Gasteiger charge is 2.29. The van der Waals surface area contributed by atoms with Crippen LogP contribution in [0, 0.1) is 20.8 Å². The minimum Gasteiger partial charge on any atom is -0.308 e. The number of rotatable bonds is 2. The van der Waals surface area contributed by atoms with E-state index in [0.717, 1.165) is 11.5 Å². The lowest BCUT2D eigenvalue weighted by molar-refractivity contribution is -0.685. The van der Waals surface area contributed by atoms with Crippen LogP contribution in [-0.4, -0.2) is 14.0 Å². The second-order valence-electron chi connectivity index (χ2n) is 7.18. The van der Waals surface area contributed by atoms with Crippen LogP contribution >= 0.6 is 0 Å². The van der Waals surface area contributed by atoms with Gasteiger partial charge in [0.25, 0.3) is 11.4 Å². The van der Waals surface area contributed by atoms with E-state index in [1.165, 1.54) is 33.8 Å². The molecule has 4 rings (SSSR count). The third kappa shape index (κ3) is 2.35. The fourth-order valence-corrected chi connectivity index (χ4v) is 4.05. The van der Waals surface area contributed by atoms with Gasteiger partial charge < -0.3 is 4.57 Å². The molecule has 0 spiro atoms. The van der Waals surface area contributed by atoms with Crippen LogP contribution in [-0.2, 0) is 21.1 Å². The number of aryl methyl sites for hydroxylation is 5. The summed E-state index contributed by atoms with van der Waals surface area (Å²) in [5, 5.41) is 0. The standard InChI is InChI=1S/C21H25N5/c1-14-7-8-17(23(4)12-14)19-15(2)11-16(3)20(25(19)6)18-13-26-10-9-22-21(26)24(18)5/h7-13H,1-6H3/q+2. The molecule has 0 amide bonds. The van der Waals surface area contributed by atoms with Crippen LogP contribution in [0.3, 0.4) is 0 Å². The van der Waals surface area contributed by atoms with Crippen molar-refractivity contribution in [3.05, 3.63) is 59.7 Å². The van der Waals surface area contributed by atoms with Gasteiger partial charge in [0, 0.05) is 48.4 Å². The van der Waals surface area contributed by atoms with E-state index in [-0.39, 0.29) is 0 Å². The summed E-state index contributed by atoms with van der Waals surface area (Å²) in [5.74, 6) is 0.947. The molecule has 0 bridgehead atoms. The van der Waals surface area contributed by atoms with Crippen LogP contribution in [0.1, 0.15) is 16.7 Å². The molecule has 5 heteroatoms. The Morgan fingerprint density at radius 3 is 2.42 bits per heavy atom. The SMILES string of the molecule is Cc1ccc(-c2c(C)cc(C)c(-c3cn4ccnc4n3C)[n+]2C)[n+](C)c1. The van der Waals surface area contributed by atoms with Crippen LogP contribution in [0.2, 0.25) is 0 Å². The first-order chi connectivity index (χ1) is 12.4. The Balaban J connectivity index is 2.02. The molecule has 0 aliphatic carbocycles. The molecule has 0 unspecified atom stereocenters. The van der Waals surface area contributed by atoms with Gasteiger partial charge >= 0.3 is 0 Å². The zero-order chi connectivity index (χ0) is 18.6. The number of imidazole rings is 2. The first kappa shape index (κ1) is 16.5. The Morgan fingerprint density at radius 2 is 1.73 bits per heavy atom. The molecule has 0 fully saturated rings. The first-order valence-electron chi connectivity index (χ1n) is 8.84. The molecule has 132 valence electrons. The van der Waals surface area contributed by atoms with E-state index in [9.17, 15) is 0 Å². The van der Waals surface area contributed by atoms with Crippen molar-refractivity contribution in [2.45, 2.75) is 20.8 Å². The summed E-state index contributed by atoms with van der Waals surface area (Å²) in [7, 11) is 6.33. The van der Waals surface area contributed by atoms with Crippen molar-refractivity contribution in [3.8, 4) is 22.8 Å². The van der Waals surface area contributed by atoms with Crippen molar-refractivity contribution in [2.75, 3.05) is 0 Å². The zero-order valence-corrected chi connectivity index (χ0v) is 16.3. The number of hydrogen-bond acceptors (Lipinski definition) is 1. The van der Waals surface area contributed by atoms with Gasteiger partial charge in [0.1, 0.15) is 19.8 Å². The summed E-state index contributed by atoms with van der Waals surface area (Å²) in [6.07, 6.45) is 8.14. The Bertz CT molecular complexity index is 1150. The van der Waals surface area contributed by atoms with Crippen molar-refractivity contribution >= 4 is 5.78 Å². The molecule has 0 atom stereocenters. The smallest absolute Gasteiger partial charge is 0.280 e. The molecule has 0 aliphatic rings. The summed E-state index contributed by atoms with van der Waals surface area (Å²) in [5.41, 5.74) is 8.58. The number of hydrogen-bond donors (Lipinski definition) is 0. The molecule has 4 aromatic rings. The van der Waals surface area contributed by atoms with E-state index in [0.29, 0.717) is 0 Å². The van der Waals surface area contributed by atoms with Crippen molar-refractivity contribution in [3.63, 3.8) is 0 Å². The maximum absolute atomic E-state index is 4.46. The second-order valence-corrected chi connectivity index (χ2v) is 7.18. The lowest BCUT2D eigenvalue weighted by atomic mass is 10.0. The van der Waals surface area contributed by atoms with Gasteiger partial charge in [-0.15, -0.1) is 0 Å². The van der Waals surface area contributed by atoms with Gasteiger partial charge in [-0.3, -0.25) is 4.40 Å². The first-order valence-corrected chi connectivity index (χ1v) is 8.84. The highest BCUT2D eigenvalue weighted by Crippen LogP contribution is 2.26. The lowest BCUT2D eigenvalue weighted by Crippen LogP contribution is -2.41. The molecule has 4 heterocycles. The molecule has 5 nitrogen and oxygen atoms in total. The van der Waals surface area contributed by atoms with E-state index in [4.69, 9.17) is 0 Å². The van der Waals surface area contributed by atoms with Gasteiger partial charge in [-0.25, -0.2) is 4.98 Å². The van der Waals surface area contributed by atoms with Gasteiger partial charge in [-0.2, -0.15) is 9.13 Å². The van der Waals surface area contributed by atoms with Crippen molar-refractivity contribution in [1.82, 2.24) is 14.0 Å². The second kappa shape index (κ2) is 5.80. The fourth-order valence-electron chi connectivity index (χ4n) is 4.05. The minimum atomic E-state index is 0.947. The van der Waals surface area contributed by atoms with Gasteiger partial charge in [0.15, 0.2) is 6.20 Å². The van der Waals surface area contributed by atoms with Crippen LogP contribution in [0.15, 0.2) is 43.0 Å². The largest absolute Gasteiger partial charge is 0.308 e. The Morgan fingerprint density at radius 1 is 1.00 bits per heavy atom. The zero-order valence-electron chi connectivity index (χ0n) is 16.3. The van der Waals surface area contributed by atoms with E-state index in [1.54, 1.807) is 0 Å². The van der Waals surface area contributed by atoms with E-state index in [1.807, 2.05) is 12.4 Å². The van der Waals surface area contributed by atoms with Crippen LogP contribution in [0.25, 0.3) is 28.6 Å². The van der Waals surface area contributed by atoms with Crippen molar-refractivity contribution in [1.29, 1.82) is 0 Å². The maximum atomic E-state index is 4.46. The minimum absolute atomic E-state index is 0.947. The average molecular weight is 347 g/mol. The molecular weight excluding hydrogens is 322 g/mol. The summed E-state index contributed by atoms with van der Waals surface area (Å²) >= 11 is 0. The summed E-state index contributed by atoms with van der Waals surface area (Å²) in [6.45, 7) is 6.48. The summed E-state index contributed by atoms with van der Waals surface area (Å²) < 4.78 is 8.73. The highest BCUT2D eigenvalue weighted by molar-refractivity contribution is 5.63. The molecule has 0 aliphatic heterocycles. The molecule has 0 aromatic carbocycles. The topological polar surface area (TPSA) is 30.0 Å². The Labute approximate surface area is 153 Å². The lowest BCUT2D eigenvalue weighted by Gasteiger charge is -2.10. The third-order valence-electron chi connectivity index (χ3n) is 5.19. The van der Waals surface area contributed by atoms with Crippen LogP contribution < -0.4 is 9.13 Å². The van der Waals surface area contributed by atoms with Crippen molar-refractivity contribution < 1.29 is 9.13 Å². The Kier molecular flexibility index (Phi) is 3.68. The van der Waals surface area contributed by atoms with Crippen molar-refractivity contribution in [2.24, 2.45) is 21.1 Å². The molecular formula is C21H25N5+2. The molecule has 0 saturated carbocycles. The Hall–Kier alpha value is -2.95. The van der Waals surface area contributed by atoms with Gasteiger partial charge in [0.2, 0.25) is 11.5 Å². The van der Waals surface area contributed by atoms with Gasteiger partial charge in [-0.1, -0.05) is 0 Å². The van der Waals surface area contributed by atoms with Gasteiger partial charge in [0.05, 0.1) is 0 Å². The summed E-state index contributed by atoms with van der Waals surface area (Å²) in [4.78, 5) is 4.46. The molecule has 0 radical (unpaired) electrons. The molecule has 0 saturated heterocycles. The normalized spacial score (nSPS) is 11.5. The molecule has 0 N–H and O–H groups in total. The van der Waals surface area contributed by atoms with E-state index < -0.39 is 0 Å². The maximum Gasteiger partial charge on any atom is 0.280 e. The number of fused-ring (bicyclic) bond motifs is 1. The highest BCUT2D eigenvalue weighted by atomic mass is 15.2. The average Bonchev–Trinajstić information content (AvgIpc) is 3.13. The molecule has 26 heavy (non-hydrogen) atoms. The monoisotopic (exact) mass is 347 g/mol. The van der Waals surface area contributed by atoms with E-state index in [2.05, 4.69) is 95.6 Å². The predicted octanol–water partition coefficient (Wildman–Crippen LogP) is 2.58. The number of pyridine rings is 2. The van der Waals surface area contributed by atoms with Gasteiger partial charge in [-0.05, 0) is 32.9 Å². The third-order valence-corrected chi connectivity index (χ3v) is 5.19. The van der Waals surface area contributed by atoms with Crippen LogP contribution in [0.4, 0.5) is 0 Å². The quantitative estimate of drug-likeness (QED) is 0.513. The number of aromatic nitrogens is 5. The predicted molar refractivity (Wildman–Crippen MR) is 102 cm³/mol. The van der Waals surface area contributed by atoms with E-state index >= 15 is 0 Å². The fraction of sp³-hybridized carbons (Fsp3) is 0.286.